The molecular weight excluding hydrogens is 368 g/mol. The first kappa shape index (κ1) is 19.0. The lowest BCUT2D eigenvalue weighted by atomic mass is 9.49. The molecular formula is C20H29ClN2O4. The van der Waals surface area contributed by atoms with Crippen molar-refractivity contribution in [3.05, 3.63) is 0 Å². The van der Waals surface area contributed by atoms with Crippen LogP contribution >= 0.6 is 11.6 Å². The normalized spacial score (nSPS) is 41.3. The quantitative estimate of drug-likeness (QED) is 0.582. The second kappa shape index (κ2) is 6.64. The van der Waals surface area contributed by atoms with Gasteiger partial charge in [-0.3, -0.25) is 14.4 Å². The number of esters is 1. The molecule has 0 radical (unpaired) electrons. The van der Waals surface area contributed by atoms with Crippen LogP contribution < -0.4 is 5.73 Å². The molecule has 5 rings (SSSR count). The van der Waals surface area contributed by atoms with Crippen molar-refractivity contribution in [3.8, 4) is 0 Å². The lowest BCUT2D eigenvalue weighted by Gasteiger charge is -2.58. The summed E-state index contributed by atoms with van der Waals surface area (Å²) >= 11 is 6.80. The van der Waals surface area contributed by atoms with E-state index in [1.54, 1.807) is 11.8 Å². The zero-order chi connectivity index (χ0) is 19.4. The Morgan fingerprint density at radius 2 is 1.85 bits per heavy atom. The van der Waals surface area contributed by atoms with Crippen molar-refractivity contribution in [2.45, 2.75) is 69.3 Å². The molecule has 2 N–H and O–H groups in total. The third-order valence-corrected chi connectivity index (χ3v) is 7.63. The zero-order valence-electron chi connectivity index (χ0n) is 15.9. The van der Waals surface area contributed by atoms with Gasteiger partial charge in [0, 0.05) is 18.0 Å². The molecule has 4 atom stereocenters. The number of piperidine rings is 1. The van der Waals surface area contributed by atoms with Crippen LogP contribution in [0.4, 0.5) is 0 Å². The molecule has 5 aliphatic rings. The Hall–Kier alpha value is -1.30. The van der Waals surface area contributed by atoms with E-state index in [-0.39, 0.29) is 28.6 Å². The fourth-order valence-corrected chi connectivity index (χ4v) is 7.08. The molecule has 4 saturated carbocycles. The Balaban J connectivity index is 1.41. The minimum absolute atomic E-state index is 0.236. The first-order valence-corrected chi connectivity index (χ1v) is 10.6. The summed E-state index contributed by atoms with van der Waals surface area (Å²) in [5, 5.41) is 0. The average molecular weight is 397 g/mol. The van der Waals surface area contributed by atoms with Gasteiger partial charge >= 0.3 is 5.97 Å². The molecule has 0 aromatic rings. The third kappa shape index (κ3) is 3.45. The highest BCUT2D eigenvalue weighted by atomic mass is 35.5. The van der Waals surface area contributed by atoms with Gasteiger partial charge in [0.15, 0.2) is 6.10 Å². The molecule has 1 heterocycles. The van der Waals surface area contributed by atoms with Gasteiger partial charge < -0.3 is 15.4 Å². The van der Waals surface area contributed by atoms with Crippen LogP contribution in [0.1, 0.15) is 58.3 Å². The van der Waals surface area contributed by atoms with Crippen LogP contribution in [-0.2, 0) is 19.1 Å². The van der Waals surface area contributed by atoms with E-state index in [1.807, 2.05) is 0 Å². The molecule has 0 spiro atoms. The number of rotatable bonds is 4. The Morgan fingerprint density at radius 3 is 2.44 bits per heavy atom. The fraction of sp³-hybridized carbons (Fsp3) is 0.850. The van der Waals surface area contributed by atoms with Crippen molar-refractivity contribution in [1.82, 2.24) is 4.90 Å². The van der Waals surface area contributed by atoms with E-state index in [0.29, 0.717) is 37.8 Å². The Labute approximate surface area is 165 Å². The predicted molar refractivity (Wildman–Crippen MR) is 99.8 cm³/mol. The number of amides is 2. The largest absolute Gasteiger partial charge is 0.452 e. The summed E-state index contributed by atoms with van der Waals surface area (Å²) in [7, 11) is 0. The molecule has 0 aromatic carbocycles. The number of carbonyl (C=O) groups is 3. The number of likely N-dealkylation sites (tertiary alicyclic amines) is 1. The standard InChI is InChI=1S/C20H29ClN2O4/c1-12(17(25)23-4-2-3-15(10-23)16(22)24)27-18(26)19-6-13-5-14(7-19)9-20(21,8-13)11-19/h12-15H,2-11H2,1H3,(H2,22,24)/t12-,13+,14+,15+,19?,20?/m0/s1. The van der Waals surface area contributed by atoms with Crippen molar-refractivity contribution >= 4 is 29.4 Å². The minimum Gasteiger partial charge on any atom is -0.452 e. The van der Waals surface area contributed by atoms with Crippen LogP contribution in [0.2, 0.25) is 0 Å². The smallest absolute Gasteiger partial charge is 0.312 e. The van der Waals surface area contributed by atoms with Gasteiger partial charge in [0.05, 0.1) is 11.3 Å². The summed E-state index contributed by atoms with van der Waals surface area (Å²) < 4.78 is 5.69. The summed E-state index contributed by atoms with van der Waals surface area (Å²) in [5.74, 6) is -0.185. The lowest BCUT2D eigenvalue weighted by Crippen LogP contribution is -2.57. The van der Waals surface area contributed by atoms with Gasteiger partial charge in [0.25, 0.3) is 5.91 Å². The summed E-state index contributed by atoms with van der Waals surface area (Å²) in [6.07, 6.45) is 6.11. The maximum Gasteiger partial charge on any atom is 0.312 e. The van der Waals surface area contributed by atoms with Crippen molar-refractivity contribution in [2.24, 2.45) is 28.9 Å². The Bertz CT molecular complexity index is 652. The maximum atomic E-state index is 13.1. The predicted octanol–water partition coefficient (Wildman–Crippen LogP) is 2.22. The van der Waals surface area contributed by atoms with Crippen LogP contribution in [0, 0.1) is 23.2 Å². The van der Waals surface area contributed by atoms with E-state index in [2.05, 4.69) is 0 Å². The number of hydrogen-bond acceptors (Lipinski definition) is 4. The van der Waals surface area contributed by atoms with Gasteiger partial charge in [-0.2, -0.15) is 0 Å². The molecule has 4 aliphatic carbocycles. The number of hydrogen-bond donors (Lipinski definition) is 1. The molecule has 1 aliphatic heterocycles. The topological polar surface area (TPSA) is 89.7 Å². The highest BCUT2D eigenvalue weighted by Gasteiger charge is 2.61. The minimum atomic E-state index is -0.844. The van der Waals surface area contributed by atoms with Crippen LogP contribution in [0.25, 0.3) is 0 Å². The molecule has 7 heteroatoms. The summed E-state index contributed by atoms with van der Waals surface area (Å²) in [6.45, 7) is 2.52. The highest BCUT2D eigenvalue weighted by Crippen LogP contribution is 2.64. The van der Waals surface area contributed by atoms with E-state index in [1.165, 1.54) is 6.42 Å². The maximum absolute atomic E-state index is 13.1. The second-order valence-electron chi connectivity index (χ2n) is 9.47. The van der Waals surface area contributed by atoms with Gasteiger partial charge in [0.2, 0.25) is 5.91 Å². The van der Waals surface area contributed by atoms with E-state index in [0.717, 1.165) is 32.1 Å². The van der Waals surface area contributed by atoms with Crippen LogP contribution in [-0.4, -0.2) is 46.8 Å². The van der Waals surface area contributed by atoms with Gasteiger partial charge in [-0.1, -0.05) is 0 Å². The highest BCUT2D eigenvalue weighted by molar-refractivity contribution is 6.24. The van der Waals surface area contributed by atoms with E-state index in [4.69, 9.17) is 22.1 Å². The number of primary amides is 1. The van der Waals surface area contributed by atoms with Crippen molar-refractivity contribution < 1.29 is 19.1 Å². The van der Waals surface area contributed by atoms with Crippen LogP contribution in [0.3, 0.4) is 0 Å². The zero-order valence-corrected chi connectivity index (χ0v) is 16.7. The molecule has 5 fully saturated rings. The first-order chi connectivity index (χ1) is 12.7. The van der Waals surface area contributed by atoms with Gasteiger partial charge in [0.1, 0.15) is 0 Å². The van der Waals surface area contributed by atoms with E-state index >= 15 is 0 Å². The number of alkyl halides is 1. The SMILES string of the molecule is C[C@H](OC(=O)C12C[C@H]3C[C@@H](CC(Cl)(C3)C1)C2)C(=O)N1CCC[C@@H](C(N)=O)C1. The number of carbonyl (C=O) groups excluding carboxylic acids is 3. The monoisotopic (exact) mass is 396 g/mol. The number of halogens is 1. The van der Waals surface area contributed by atoms with Crippen LogP contribution in [0.5, 0.6) is 0 Å². The van der Waals surface area contributed by atoms with Crippen molar-refractivity contribution in [1.29, 1.82) is 0 Å². The van der Waals surface area contributed by atoms with Gasteiger partial charge in [-0.15, -0.1) is 11.6 Å². The molecule has 27 heavy (non-hydrogen) atoms. The van der Waals surface area contributed by atoms with Crippen molar-refractivity contribution in [2.75, 3.05) is 13.1 Å². The van der Waals surface area contributed by atoms with Gasteiger partial charge in [-0.05, 0) is 70.1 Å². The summed E-state index contributed by atoms with van der Waals surface area (Å²) in [6, 6.07) is 0. The van der Waals surface area contributed by atoms with E-state index < -0.39 is 11.5 Å². The second-order valence-corrected chi connectivity index (χ2v) is 10.3. The lowest BCUT2D eigenvalue weighted by molar-refractivity contribution is -0.179. The average Bonchev–Trinajstić information content (AvgIpc) is 2.59. The molecule has 0 aromatic heterocycles. The van der Waals surface area contributed by atoms with E-state index in [9.17, 15) is 14.4 Å². The molecule has 2 amide bonds. The summed E-state index contributed by atoms with van der Waals surface area (Å²) in [5.41, 5.74) is 4.88. The summed E-state index contributed by atoms with van der Waals surface area (Å²) in [4.78, 5) is 38.6. The number of nitrogens with two attached hydrogens (primary N) is 1. The Kier molecular flexibility index (Phi) is 4.68. The van der Waals surface area contributed by atoms with Crippen LogP contribution in [0.15, 0.2) is 0 Å². The molecule has 6 nitrogen and oxygen atoms in total. The number of nitrogens with zero attached hydrogens (tertiary/aromatic N) is 1. The van der Waals surface area contributed by atoms with Gasteiger partial charge in [-0.25, -0.2) is 0 Å². The molecule has 1 saturated heterocycles. The fourth-order valence-electron chi connectivity index (χ4n) is 6.39. The third-order valence-electron chi connectivity index (χ3n) is 7.19. The van der Waals surface area contributed by atoms with Crippen molar-refractivity contribution in [3.63, 3.8) is 0 Å². The number of ether oxygens (including phenoxy) is 1. The molecule has 150 valence electrons. The first-order valence-electron chi connectivity index (χ1n) is 10.2. The molecule has 0 unspecified atom stereocenters. The molecule has 4 bridgehead atoms. The Morgan fingerprint density at radius 1 is 1.19 bits per heavy atom.